The summed E-state index contributed by atoms with van der Waals surface area (Å²) in [5.74, 6) is -0.266. The standard InChI is InChI=1S/C18H19N5O3/c24-17(19-6-8-22-9-10-26-18(22)25)15-11-14(20-21-15)12-23-7-5-13-3-1-2-4-16(13)23/h1-5,7,11H,6,8-10,12H2,(H,19,24)(H,20,21). The van der Waals surface area contributed by atoms with Crippen LogP contribution in [0.25, 0.3) is 10.9 Å². The Bertz CT molecular complexity index is 945. The Balaban J connectivity index is 1.35. The van der Waals surface area contributed by atoms with E-state index in [2.05, 4.69) is 38.3 Å². The largest absolute Gasteiger partial charge is 0.448 e. The van der Waals surface area contributed by atoms with E-state index in [-0.39, 0.29) is 12.0 Å². The van der Waals surface area contributed by atoms with Crippen molar-refractivity contribution in [3.63, 3.8) is 0 Å². The lowest BCUT2D eigenvalue weighted by Crippen LogP contribution is -2.35. The highest BCUT2D eigenvalue weighted by Gasteiger charge is 2.21. The number of fused-ring (bicyclic) bond motifs is 1. The number of H-pyrrole nitrogens is 1. The minimum Gasteiger partial charge on any atom is -0.448 e. The number of amides is 2. The number of ether oxygens (including phenoxy) is 1. The summed E-state index contributed by atoms with van der Waals surface area (Å²) in [5.41, 5.74) is 2.31. The van der Waals surface area contributed by atoms with E-state index >= 15 is 0 Å². The average molecular weight is 353 g/mol. The molecule has 8 nitrogen and oxygen atoms in total. The van der Waals surface area contributed by atoms with E-state index in [0.717, 1.165) is 11.2 Å². The van der Waals surface area contributed by atoms with Gasteiger partial charge in [0.2, 0.25) is 0 Å². The number of carbonyl (C=O) groups excluding carboxylic acids is 2. The van der Waals surface area contributed by atoms with Crippen molar-refractivity contribution < 1.29 is 14.3 Å². The zero-order valence-corrected chi connectivity index (χ0v) is 14.1. The first kappa shape index (κ1) is 16.2. The van der Waals surface area contributed by atoms with E-state index in [1.54, 1.807) is 11.0 Å². The number of para-hydroxylation sites is 1. The molecular weight excluding hydrogens is 334 g/mol. The maximum absolute atomic E-state index is 12.2. The predicted molar refractivity (Wildman–Crippen MR) is 94.9 cm³/mol. The van der Waals surface area contributed by atoms with Crippen molar-refractivity contribution in [1.29, 1.82) is 0 Å². The monoisotopic (exact) mass is 353 g/mol. The fourth-order valence-corrected chi connectivity index (χ4v) is 3.04. The van der Waals surface area contributed by atoms with Crippen LogP contribution in [0.15, 0.2) is 42.6 Å². The number of nitrogens with zero attached hydrogens (tertiary/aromatic N) is 3. The molecule has 2 aromatic heterocycles. The first-order valence-electron chi connectivity index (χ1n) is 8.49. The molecule has 0 bridgehead atoms. The Morgan fingerprint density at radius 3 is 3.04 bits per heavy atom. The van der Waals surface area contributed by atoms with Gasteiger partial charge in [-0.25, -0.2) is 4.79 Å². The molecule has 1 fully saturated rings. The summed E-state index contributed by atoms with van der Waals surface area (Å²) in [6.45, 7) is 2.36. The Morgan fingerprint density at radius 1 is 1.31 bits per heavy atom. The van der Waals surface area contributed by atoms with E-state index in [1.807, 2.05) is 18.3 Å². The number of aromatic amines is 1. The molecule has 3 heterocycles. The molecule has 1 saturated heterocycles. The summed E-state index contributed by atoms with van der Waals surface area (Å²) in [5, 5.41) is 10.9. The lowest BCUT2D eigenvalue weighted by molar-refractivity contribution is 0.0944. The van der Waals surface area contributed by atoms with Crippen LogP contribution in [-0.2, 0) is 11.3 Å². The van der Waals surface area contributed by atoms with Crippen molar-refractivity contribution in [2.24, 2.45) is 0 Å². The van der Waals surface area contributed by atoms with E-state index in [4.69, 9.17) is 4.74 Å². The summed E-state index contributed by atoms with van der Waals surface area (Å²) in [6.07, 6.45) is 1.68. The highest BCUT2D eigenvalue weighted by Crippen LogP contribution is 2.16. The minimum absolute atomic E-state index is 0.266. The lowest BCUT2D eigenvalue weighted by Gasteiger charge is -2.12. The number of rotatable bonds is 6. The number of aromatic nitrogens is 3. The second-order valence-corrected chi connectivity index (χ2v) is 6.14. The molecule has 4 rings (SSSR count). The highest BCUT2D eigenvalue weighted by molar-refractivity contribution is 5.92. The van der Waals surface area contributed by atoms with Gasteiger partial charge in [-0.15, -0.1) is 0 Å². The van der Waals surface area contributed by atoms with Gasteiger partial charge in [0, 0.05) is 24.8 Å². The van der Waals surface area contributed by atoms with E-state index in [9.17, 15) is 9.59 Å². The third-order valence-electron chi connectivity index (χ3n) is 4.40. The number of benzene rings is 1. The fraction of sp³-hybridized carbons (Fsp3) is 0.278. The molecule has 0 spiro atoms. The highest BCUT2D eigenvalue weighted by atomic mass is 16.6. The molecule has 1 aromatic carbocycles. The van der Waals surface area contributed by atoms with E-state index < -0.39 is 0 Å². The van der Waals surface area contributed by atoms with Gasteiger partial charge in [-0.2, -0.15) is 5.10 Å². The number of carbonyl (C=O) groups is 2. The van der Waals surface area contributed by atoms with Crippen LogP contribution in [-0.4, -0.2) is 57.9 Å². The van der Waals surface area contributed by atoms with Gasteiger partial charge in [-0.1, -0.05) is 18.2 Å². The molecule has 26 heavy (non-hydrogen) atoms. The Kier molecular flexibility index (Phi) is 4.30. The van der Waals surface area contributed by atoms with Crippen LogP contribution in [0.2, 0.25) is 0 Å². The molecule has 0 unspecified atom stereocenters. The molecule has 1 aliphatic rings. The van der Waals surface area contributed by atoms with Crippen molar-refractivity contribution >= 4 is 22.9 Å². The van der Waals surface area contributed by atoms with Gasteiger partial charge >= 0.3 is 6.09 Å². The van der Waals surface area contributed by atoms with Crippen molar-refractivity contribution in [3.8, 4) is 0 Å². The van der Waals surface area contributed by atoms with Crippen LogP contribution in [0.3, 0.4) is 0 Å². The first-order valence-corrected chi connectivity index (χ1v) is 8.49. The molecule has 2 N–H and O–H groups in total. The molecule has 2 amide bonds. The topological polar surface area (TPSA) is 92.3 Å². The van der Waals surface area contributed by atoms with Crippen LogP contribution in [0.1, 0.15) is 16.2 Å². The molecule has 1 aliphatic heterocycles. The Labute approximate surface area is 149 Å². The van der Waals surface area contributed by atoms with Crippen molar-refractivity contribution in [3.05, 3.63) is 54.0 Å². The number of hydrogen-bond acceptors (Lipinski definition) is 4. The van der Waals surface area contributed by atoms with Crippen LogP contribution in [0, 0.1) is 0 Å². The quantitative estimate of drug-likeness (QED) is 0.704. The van der Waals surface area contributed by atoms with Gasteiger partial charge in [0.05, 0.1) is 18.8 Å². The molecule has 134 valence electrons. The molecule has 0 radical (unpaired) electrons. The Hall–Kier alpha value is -3.29. The smallest absolute Gasteiger partial charge is 0.409 e. The fourth-order valence-electron chi connectivity index (χ4n) is 3.04. The zero-order chi connectivity index (χ0) is 17.9. The number of hydrogen-bond donors (Lipinski definition) is 2. The summed E-state index contributed by atoms with van der Waals surface area (Å²) < 4.78 is 6.95. The van der Waals surface area contributed by atoms with Gasteiger partial charge in [-0.05, 0) is 23.6 Å². The lowest BCUT2D eigenvalue weighted by atomic mass is 10.2. The van der Waals surface area contributed by atoms with Gasteiger partial charge in [-0.3, -0.25) is 9.89 Å². The molecule has 8 heteroatoms. The maximum Gasteiger partial charge on any atom is 0.409 e. The van der Waals surface area contributed by atoms with Crippen molar-refractivity contribution in [1.82, 2.24) is 25.0 Å². The number of nitrogens with one attached hydrogen (secondary N) is 2. The SMILES string of the molecule is O=C(NCCN1CCOC1=O)c1cc(Cn2ccc3ccccc32)[nH]n1. The van der Waals surface area contributed by atoms with Crippen LogP contribution < -0.4 is 5.32 Å². The average Bonchev–Trinajstić information content (AvgIpc) is 3.37. The van der Waals surface area contributed by atoms with Crippen molar-refractivity contribution in [2.45, 2.75) is 6.54 Å². The second-order valence-electron chi connectivity index (χ2n) is 6.14. The van der Waals surface area contributed by atoms with Crippen LogP contribution >= 0.6 is 0 Å². The van der Waals surface area contributed by atoms with Crippen LogP contribution in [0.4, 0.5) is 4.79 Å². The second kappa shape index (κ2) is 6.91. The van der Waals surface area contributed by atoms with Gasteiger partial charge in [0.15, 0.2) is 0 Å². The molecule has 0 aliphatic carbocycles. The summed E-state index contributed by atoms with van der Waals surface area (Å²) in [4.78, 5) is 25.1. The van der Waals surface area contributed by atoms with Gasteiger partial charge < -0.3 is 19.5 Å². The minimum atomic E-state index is -0.333. The van der Waals surface area contributed by atoms with E-state index in [1.165, 1.54) is 5.39 Å². The van der Waals surface area contributed by atoms with Gasteiger partial charge in [0.1, 0.15) is 12.3 Å². The maximum atomic E-state index is 12.2. The molecule has 0 saturated carbocycles. The first-order chi connectivity index (χ1) is 12.7. The number of cyclic esters (lactones) is 1. The van der Waals surface area contributed by atoms with Crippen molar-refractivity contribution in [2.75, 3.05) is 26.2 Å². The summed E-state index contributed by atoms with van der Waals surface area (Å²) in [6, 6.07) is 11.9. The van der Waals surface area contributed by atoms with Crippen LogP contribution in [0.5, 0.6) is 0 Å². The van der Waals surface area contributed by atoms with Gasteiger partial charge in [0.25, 0.3) is 5.91 Å². The third-order valence-corrected chi connectivity index (χ3v) is 4.40. The molecular formula is C18H19N5O3. The van der Waals surface area contributed by atoms with E-state index in [0.29, 0.717) is 38.5 Å². The molecule has 3 aromatic rings. The Morgan fingerprint density at radius 2 is 2.19 bits per heavy atom. The molecule has 0 atom stereocenters. The summed E-state index contributed by atoms with van der Waals surface area (Å²) >= 11 is 0. The third kappa shape index (κ3) is 3.26. The summed E-state index contributed by atoms with van der Waals surface area (Å²) in [7, 11) is 0. The normalized spacial score (nSPS) is 14.0. The predicted octanol–water partition coefficient (Wildman–Crippen LogP) is 1.59. The zero-order valence-electron chi connectivity index (χ0n) is 14.1.